The third-order valence-electron chi connectivity index (χ3n) is 4.27. The van der Waals surface area contributed by atoms with Gasteiger partial charge in [0.1, 0.15) is 0 Å². The molecule has 0 radical (unpaired) electrons. The van der Waals surface area contributed by atoms with Gasteiger partial charge in [-0.1, -0.05) is 59.7 Å². The lowest BCUT2D eigenvalue weighted by Gasteiger charge is -2.30. The number of anilines is 1. The molecule has 0 aliphatic carbocycles. The predicted molar refractivity (Wildman–Crippen MR) is 112 cm³/mol. The normalized spacial score (nSPS) is 18.2. The van der Waals surface area contributed by atoms with Gasteiger partial charge in [-0.05, 0) is 40.9 Å². The first kappa shape index (κ1) is 18.1. The third kappa shape index (κ3) is 4.09. The number of nitrogens with zero attached hydrogens (tertiary/aromatic N) is 2. The largest absolute Gasteiger partial charge is 0.303 e. The number of thiocarbonyl (C=S) groups is 1. The van der Waals surface area contributed by atoms with Crippen LogP contribution in [0.25, 0.3) is 0 Å². The Balaban J connectivity index is 1.88. The molecule has 2 aromatic carbocycles. The molecule has 0 N–H and O–H groups in total. The van der Waals surface area contributed by atoms with Crippen LogP contribution in [0.2, 0.25) is 10.0 Å². The van der Waals surface area contributed by atoms with E-state index in [0.29, 0.717) is 16.0 Å². The molecule has 1 heterocycles. The fourth-order valence-electron chi connectivity index (χ4n) is 2.92. The summed E-state index contributed by atoms with van der Waals surface area (Å²) in [6.45, 7) is 4.59. The van der Waals surface area contributed by atoms with E-state index in [4.69, 9.17) is 35.4 Å². The summed E-state index contributed by atoms with van der Waals surface area (Å²) in [5, 5.41) is 7.04. The summed E-state index contributed by atoms with van der Waals surface area (Å²) in [6, 6.07) is 14.2. The van der Waals surface area contributed by atoms with Gasteiger partial charge >= 0.3 is 0 Å². The van der Waals surface area contributed by atoms with E-state index in [9.17, 15) is 0 Å². The van der Waals surface area contributed by atoms with Crippen molar-refractivity contribution in [1.29, 1.82) is 0 Å². The molecular weight excluding hydrogens is 378 g/mol. The minimum atomic E-state index is 0.354. The average Bonchev–Trinajstić information content (AvgIpc) is 2.93. The van der Waals surface area contributed by atoms with Crippen LogP contribution in [0.1, 0.15) is 12.5 Å². The minimum absolute atomic E-state index is 0.354. The van der Waals surface area contributed by atoms with Crippen LogP contribution in [-0.4, -0.2) is 23.0 Å². The standard InChI is InChI=1S/C18H19Cl2N2PS/c1-12(24)14-10-21(9-13-2-5-16(23)6-3-13)22(11-14)18-7-4-15(19)8-17(18)20/h2-8,14H,9-11,23H2,1H3. The number of halogens is 2. The number of benzene rings is 2. The van der Waals surface area contributed by atoms with Crippen molar-refractivity contribution in [3.05, 3.63) is 58.1 Å². The first-order valence-electron chi connectivity index (χ1n) is 7.76. The van der Waals surface area contributed by atoms with Gasteiger partial charge < -0.3 is 5.01 Å². The van der Waals surface area contributed by atoms with E-state index in [0.717, 1.165) is 30.2 Å². The number of hydrazine groups is 1. The topological polar surface area (TPSA) is 6.48 Å². The summed E-state index contributed by atoms with van der Waals surface area (Å²) in [5.41, 5.74) is 2.24. The second-order valence-corrected chi connectivity index (χ2v) is 8.23. The molecule has 1 fully saturated rings. The first-order valence-corrected chi connectivity index (χ1v) is 9.50. The molecule has 2 atom stereocenters. The van der Waals surface area contributed by atoms with Crippen LogP contribution >= 0.6 is 44.7 Å². The van der Waals surface area contributed by atoms with Crippen molar-refractivity contribution in [2.75, 3.05) is 18.1 Å². The van der Waals surface area contributed by atoms with Crippen molar-refractivity contribution in [2.45, 2.75) is 13.5 Å². The maximum absolute atomic E-state index is 6.44. The van der Waals surface area contributed by atoms with Crippen LogP contribution in [0.5, 0.6) is 0 Å². The van der Waals surface area contributed by atoms with Gasteiger partial charge in [-0.25, -0.2) is 5.01 Å². The number of rotatable bonds is 4. The molecule has 0 aromatic heterocycles. The smallest absolute Gasteiger partial charge is 0.0709 e. The Hall–Kier alpha value is -0.700. The monoisotopic (exact) mass is 396 g/mol. The first-order chi connectivity index (χ1) is 11.4. The van der Waals surface area contributed by atoms with Crippen molar-refractivity contribution in [2.24, 2.45) is 5.92 Å². The van der Waals surface area contributed by atoms with E-state index in [1.54, 1.807) is 6.07 Å². The summed E-state index contributed by atoms with van der Waals surface area (Å²) in [5.74, 6) is 0.354. The molecule has 2 aromatic rings. The lowest BCUT2D eigenvalue weighted by Crippen LogP contribution is -2.36. The van der Waals surface area contributed by atoms with Gasteiger partial charge in [-0.3, -0.25) is 0 Å². The lowest BCUT2D eigenvalue weighted by atomic mass is 10.1. The van der Waals surface area contributed by atoms with Crippen molar-refractivity contribution < 1.29 is 0 Å². The summed E-state index contributed by atoms with van der Waals surface area (Å²) in [6.07, 6.45) is 0. The summed E-state index contributed by atoms with van der Waals surface area (Å²) in [4.78, 5) is 1.04. The maximum Gasteiger partial charge on any atom is 0.0709 e. The van der Waals surface area contributed by atoms with E-state index >= 15 is 0 Å². The van der Waals surface area contributed by atoms with Gasteiger partial charge in [0.2, 0.25) is 0 Å². The van der Waals surface area contributed by atoms with Gasteiger partial charge in [0, 0.05) is 30.6 Å². The van der Waals surface area contributed by atoms with Crippen LogP contribution in [0.3, 0.4) is 0 Å². The summed E-state index contributed by atoms with van der Waals surface area (Å²) in [7, 11) is 2.71. The van der Waals surface area contributed by atoms with Gasteiger partial charge in [0.15, 0.2) is 0 Å². The molecule has 6 heteroatoms. The zero-order chi connectivity index (χ0) is 17.3. The Morgan fingerprint density at radius 3 is 2.50 bits per heavy atom. The van der Waals surface area contributed by atoms with Crippen molar-refractivity contribution in [3.63, 3.8) is 0 Å². The summed E-state index contributed by atoms with van der Waals surface area (Å²) >= 11 is 17.9. The van der Waals surface area contributed by atoms with Crippen LogP contribution < -0.4 is 10.3 Å². The van der Waals surface area contributed by atoms with Gasteiger partial charge in [-0.2, -0.15) is 0 Å². The second kappa shape index (κ2) is 7.68. The van der Waals surface area contributed by atoms with Crippen LogP contribution in [0.15, 0.2) is 42.5 Å². The Kier molecular flexibility index (Phi) is 5.79. The molecule has 3 rings (SSSR count). The third-order valence-corrected chi connectivity index (χ3v) is 5.53. The Morgan fingerprint density at radius 2 is 1.88 bits per heavy atom. The molecule has 1 saturated heterocycles. The van der Waals surface area contributed by atoms with E-state index in [2.05, 4.69) is 43.5 Å². The van der Waals surface area contributed by atoms with Crippen molar-refractivity contribution in [1.82, 2.24) is 5.01 Å². The highest BCUT2D eigenvalue weighted by Gasteiger charge is 2.32. The fraction of sp³-hybridized carbons (Fsp3) is 0.278. The van der Waals surface area contributed by atoms with Gasteiger partial charge in [0.05, 0.1) is 10.7 Å². The maximum atomic E-state index is 6.44. The van der Waals surface area contributed by atoms with E-state index in [1.807, 2.05) is 19.1 Å². The lowest BCUT2D eigenvalue weighted by molar-refractivity contribution is 0.299. The van der Waals surface area contributed by atoms with E-state index in [-0.39, 0.29) is 0 Å². The second-order valence-electron chi connectivity index (χ2n) is 6.07. The quantitative estimate of drug-likeness (QED) is 0.544. The molecule has 1 aliphatic heterocycles. The minimum Gasteiger partial charge on any atom is -0.303 e. The molecular formula is C18H19Cl2N2PS. The van der Waals surface area contributed by atoms with Crippen LogP contribution in [0, 0.1) is 5.92 Å². The Bertz CT molecular complexity index is 751. The highest BCUT2D eigenvalue weighted by Crippen LogP contribution is 2.34. The van der Waals surface area contributed by atoms with E-state index < -0.39 is 0 Å². The molecule has 0 spiro atoms. The molecule has 24 heavy (non-hydrogen) atoms. The zero-order valence-corrected chi connectivity index (χ0v) is 16.9. The molecule has 0 bridgehead atoms. The molecule has 2 unspecified atom stereocenters. The zero-order valence-electron chi connectivity index (χ0n) is 13.4. The van der Waals surface area contributed by atoms with E-state index in [1.165, 1.54) is 10.9 Å². The van der Waals surface area contributed by atoms with Crippen LogP contribution in [-0.2, 0) is 6.54 Å². The number of hydrogen-bond donors (Lipinski definition) is 0. The molecule has 126 valence electrons. The number of hydrogen-bond acceptors (Lipinski definition) is 3. The SMILES string of the molecule is CC(=S)C1CN(Cc2ccc(P)cc2)N(c2ccc(Cl)cc2Cl)C1. The molecule has 2 nitrogen and oxygen atoms in total. The van der Waals surface area contributed by atoms with Gasteiger partial charge in [0.25, 0.3) is 0 Å². The van der Waals surface area contributed by atoms with Crippen LogP contribution in [0.4, 0.5) is 5.69 Å². The van der Waals surface area contributed by atoms with Crippen molar-refractivity contribution >= 4 is 60.5 Å². The highest BCUT2D eigenvalue weighted by atomic mass is 35.5. The fourth-order valence-corrected chi connectivity index (χ4v) is 3.76. The molecule has 1 aliphatic rings. The highest BCUT2D eigenvalue weighted by molar-refractivity contribution is 7.80. The molecule has 0 amide bonds. The summed E-state index contributed by atoms with van der Waals surface area (Å²) < 4.78 is 0. The van der Waals surface area contributed by atoms with Gasteiger partial charge in [-0.15, -0.1) is 9.24 Å². The Labute approximate surface area is 160 Å². The van der Waals surface area contributed by atoms with Crippen molar-refractivity contribution in [3.8, 4) is 0 Å². The predicted octanol–water partition coefficient (Wildman–Crippen LogP) is 4.74. The Morgan fingerprint density at radius 1 is 1.17 bits per heavy atom. The molecule has 0 saturated carbocycles. The average molecular weight is 397 g/mol.